The minimum Gasteiger partial charge on any atom is -0.387 e. The lowest BCUT2D eigenvalue weighted by Gasteiger charge is -2.23. The SMILES string of the molecule is CCCCCCCCC/C=C\CCCCCCCCCC(=O)NC(COP(=O)(O)OCCN)C(O)/C=C/CCCCCCCCCCCC. The third-order valence-corrected chi connectivity index (χ3v) is 10.0. The molecule has 290 valence electrons. The molecule has 0 rings (SSSR count). The zero-order valence-electron chi connectivity index (χ0n) is 31.9. The molecule has 49 heavy (non-hydrogen) atoms. The quantitative estimate of drug-likeness (QED) is 0.0284. The zero-order chi connectivity index (χ0) is 36.1. The molecule has 3 atom stereocenters. The summed E-state index contributed by atoms with van der Waals surface area (Å²) >= 11 is 0. The highest BCUT2D eigenvalue weighted by Gasteiger charge is 2.26. The van der Waals surface area contributed by atoms with Crippen molar-refractivity contribution in [3.8, 4) is 0 Å². The Balaban J connectivity index is 4.22. The van der Waals surface area contributed by atoms with Gasteiger partial charge in [-0.2, -0.15) is 0 Å². The fourth-order valence-corrected chi connectivity index (χ4v) is 6.65. The smallest absolute Gasteiger partial charge is 0.387 e. The van der Waals surface area contributed by atoms with Crippen molar-refractivity contribution in [3.63, 3.8) is 0 Å². The lowest BCUT2D eigenvalue weighted by atomic mass is 10.0. The molecule has 0 fully saturated rings. The summed E-state index contributed by atoms with van der Waals surface area (Å²) in [6.07, 6.45) is 40.8. The van der Waals surface area contributed by atoms with E-state index >= 15 is 0 Å². The van der Waals surface area contributed by atoms with Crippen molar-refractivity contribution in [2.75, 3.05) is 19.8 Å². The Morgan fingerprint density at radius 3 is 1.51 bits per heavy atom. The molecule has 0 spiro atoms. The summed E-state index contributed by atoms with van der Waals surface area (Å²) in [5.74, 6) is -0.199. The van der Waals surface area contributed by atoms with E-state index in [2.05, 4.69) is 31.3 Å². The summed E-state index contributed by atoms with van der Waals surface area (Å²) in [6, 6.07) is -0.858. The number of carbonyl (C=O) groups excluding carboxylic acids is 1. The summed E-state index contributed by atoms with van der Waals surface area (Å²) < 4.78 is 22.1. The van der Waals surface area contributed by atoms with Gasteiger partial charge in [0.1, 0.15) is 0 Å². The van der Waals surface area contributed by atoms with Crippen molar-refractivity contribution in [1.82, 2.24) is 5.32 Å². The maximum atomic E-state index is 12.7. The second-order valence-corrected chi connectivity index (χ2v) is 15.3. The van der Waals surface area contributed by atoms with Gasteiger partial charge in [0.05, 0.1) is 25.4 Å². The van der Waals surface area contributed by atoms with Crippen LogP contribution >= 0.6 is 7.82 Å². The number of aliphatic hydroxyl groups excluding tert-OH is 1. The highest BCUT2D eigenvalue weighted by atomic mass is 31.2. The molecule has 9 heteroatoms. The first kappa shape index (κ1) is 48.0. The minimum atomic E-state index is -4.33. The summed E-state index contributed by atoms with van der Waals surface area (Å²) in [5, 5.41) is 13.6. The van der Waals surface area contributed by atoms with E-state index in [1.165, 1.54) is 135 Å². The van der Waals surface area contributed by atoms with E-state index in [0.717, 1.165) is 38.5 Å². The molecule has 0 radical (unpaired) electrons. The van der Waals surface area contributed by atoms with Crippen molar-refractivity contribution in [2.24, 2.45) is 5.73 Å². The molecule has 0 aromatic carbocycles. The summed E-state index contributed by atoms with van der Waals surface area (Å²) in [5.41, 5.74) is 5.36. The monoisotopic (exact) mass is 715 g/mol. The second kappa shape index (κ2) is 36.8. The van der Waals surface area contributed by atoms with Crippen LogP contribution in [0.4, 0.5) is 0 Å². The summed E-state index contributed by atoms with van der Waals surface area (Å²) in [4.78, 5) is 22.6. The molecular weight excluding hydrogens is 635 g/mol. The van der Waals surface area contributed by atoms with Crippen LogP contribution in [-0.4, -0.2) is 47.8 Å². The Morgan fingerprint density at radius 2 is 1.06 bits per heavy atom. The first-order valence-electron chi connectivity index (χ1n) is 20.5. The van der Waals surface area contributed by atoms with Gasteiger partial charge in [-0.25, -0.2) is 4.57 Å². The van der Waals surface area contributed by atoms with Gasteiger partial charge in [-0.05, 0) is 44.9 Å². The van der Waals surface area contributed by atoms with E-state index in [4.69, 9.17) is 14.8 Å². The number of hydrogen-bond acceptors (Lipinski definition) is 6. The van der Waals surface area contributed by atoms with Crippen molar-refractivity contribution in [2.45, 2.75) is 206 Å². The number of amides is 1. The number of allylic oxidation sites excluding steroid dienone is 3. The Bertz CT molecular complexity index is 825. The lowest BCUT2D eigenvalue weighted by Crippen LogP contribution is -2.45. The Hall–Kier alpha value is -1.02. The number of hydrogen-bond donors (Lipinski definition) is 4. The predicted octanol–water partition coefficient (Wildman–Crippen LogP) is 11.0. The molecule has 0 aliphatic rings. The number of carbonyl (C=O) groups is 1. The van der Waals surface area contributed by atoms with Crippen LogP contribution in [0.5, 0.6) is 0 Å². The Labute approximate surface area is 302 Å². The zero-order valence-corrected chi connectivity index (χ0v) is 32.8. The highest BCUT2D eigenvalue weighted by molar-refractivity contribution is 7.47. The van der Waals surface area contributed by atoms with Crippen molar-refractivity contribution in [1.29, 1.82) is 0 Å². The Kier molecular flexibility index (Phi) is 36.0. The van der Waals surface area contributed by atoms with Crippen molar-refractivity contribution in [3.05, 3.63) is 24.3 Å². The molecule has 1 amide bonds. The standard InChI is InChI=1S/C40H79N2O6P/c1-3-5-7-9-11-13-15-17-18-19-20-21-22-24-26-28-30-32-34-40(44)42-38(37-48-49(45,46)47-36-35-41)39(43)33-31-29-27-25-23-16-14-12-10-8-6-4-2/h18-19,31,33,38-39,43H,3-17,20-30,32,34-37,41H2,1-2H3,(H,42,44)(H,45,46)/b19-18-,33-31+. The number of rotatable bonds is 38. The molecule has 0 bridgehead atoms. The van der Waals surface area contributed by atoms with Gasteiger partial charge in [0, 0.05) is 13.0 Å². The largest absolute Gasteiger partial charge is 0.472 e. The summed E-state index contributed by atoms with van der Waals surface area (Å²) in [7, 11) is -4.33. The molecule has 0 heterocycles. The van der Waals surface area contributed by atoms with E-state index in [-0.39, 0.29) is 25.7 Å². The normalized spacial score (nSPS) is 14.5. The molecule has 0 aliphatic carbocycles. The molecule has 0 aliphatic heterocycles. The van der Waals surface area contributed by atoms with Crippen LogP contribution in [0.1, 0.15) is 194 Å². The number of nitrogens with two attached hydrogens (primary N) is 1. The topological polar surface area (TPSA) is 131 Å². The second-order valence-electron chi connectivity index (χ2n) is 13.8. The van der Waals surface area contributed by atoms with Crippen LogP contribution in [0.2, 0.25) is 0 Å². The summed E-state index contributed by atoms with van der Waals surface area (Å²) in [6.45, 7) is 4.12. The maximum Gasteiger partial charge on any atom is 0.472 e. The van der Waals surface area contributed by atoms with Gasteiger partial charge in [-0.3, -0.25) is 13.8 Å². The minimum absolute atomic E-state index is 0.0785. The van der Waals surface area contributed by atoms with Crippen molar-refractivity contribution >= 4 is 13.7 Å². The maximum absolute atomic E-state index is 12.7. The van der Waals surface area contributed by atoms with Gasteiger partial charge < -0.3 is 21.1 Å². The first-order valence-corrected chi connectivity index (χ1v) is 22.0. The van der Waals surface area contributed by atoms with Gasteiger partial charge in [-0.15, -0.1) is 0 Å². The Morgan fingerprint density at radius 1 is 0.653 bits per heavy atom. The van der Waals surface area contributed by atoms with E-state index in [9.17, 15) is 19.4 Å². The van der Waals surface area contributed by atoms with Crippen LogP contribution in [0.15, 0.2) is 24.3 Å². The van der Waals surface area contributed by atoms with Gasteiger partial charge in [0.15, 0.2) is 0 Å². The fraction of sp³-hybridized carbons (Fsp3) is 0.875. The average molecular weight is 715 g/mol. The third-order valence-electron chi connectivity index (χ3n) is 9.02. The molecule has 8 nitrogen and oxygen atoms in total. The first-order chi connectivity index (χ1) is 23.9. The molecule has 0 saturated carbocycles. The predicted molar refractivity (Wildman–Crippen MR) is 208 cm³/mol. The molecule has 5 N–H and O–H groups in total. The molecular formula is C40H79N2O6P. The van der Waals surface area contributed by atoms with Crippen LogP contribution in [0.25, 0.3) is 0 Å². The van der Waals surface area contributed by atoms with E-state index in [1.807, 2.05) is 6.08 Å². The van der Waals surface area contributed by atoms with Gasteiger partial charge in [-0.1, -0.05) is 167 Å². The lowest BCUT2D eigenvalue weighted by molar-refractivity contribution is -0.123. The van der Waals surface area contributed by atoms with Crippen LogP contribution < -0.4 is 11.1 Å². The van der Waals surface area contributed by atoms with Crippen LogP contribution in [0.3, 0.4) is 0 Å². The van der Waals surface area contributed by atoms with Crippen molar-refractivity contribution < 1.29 is 28.4 Å². The van der Waals surface area contributed by atoms with Gasteiger partial charge in [0.2, 0.25) is 5.91 Å². The van der Waals surface area contributed by atoms with E-state index in [1.54, 1.807) is 6.08 Å². The molecule has 0 saturated heterocycles. The molecule has 3 unspecified atom stereocenters. The molecule has 0 aromatic rings. The molecule has 0 aromatic heterocycles. The van der Waals surface area contributed by atoms with Gasteiger partial charge in [0.25, 0.3) is 0 Å². The van der Waals surface area contributed by atoms with E-state index in [0.29, 0.717) is 6.42 Å². The van der Waals surface area contributed by atoms with E-state index < -0.39 is 20.0 Å². The highest BCUT2D eigenvalue weighted by Crippen LogP contribution is 2.43. The fourth-order valence-electron chi connectivity index (χ4n) is 5.89. The number of phosphoric ester groups is 1. The van der Waals surface area contributed by atoms with Gasteiger partial charge >= 0.3 is 7.82 Å². The number of aliphatic hydroxyl groups is 1. The van der Waals surface area contributed by atoms with Crippen LogP contribution in [-0.2, 0) is 18.4 Å². The number of unbranched alkanes of at least 4 members (excludes halogenated alkanes) is 24. The van der Waals surface area contributed by atoms with Crippen LogP contribution in [0, 0.1) is 0 Å². The number of nitrogens with one attached hydrogen (secondary N) is 1. The average Bonchev–Trinajstić information content (AvgIpc) is 3.09. The number of phosphoric acid groups is 1. The third kappa shape index (κ3) is 35.2.